The van der Waals surface area contributed by atoms with E-state index in [1.807, 2.05) is 35.0 Å². The Balaban J connectivity index is 1.96. The van der Waals surface area contributed by atoms with E-state index in [9.17, 15) is 4.79 Å². The third-order valence-electron chi connectivity index (χ3n) is 3.94. The van der Waals surface area contributed by atoms with E-state index in [1.165, 1.54) is 0 Å². The maximum Gasteiger partial charge on any atom is 0.255 e. The fourth-order valence-corrected chi connectivity index (χ4v) is 2.79. The van der Waals surface area contributed by atoms with Gasteiger partial charge >= 0.3 is 0 Å². The fraction of sp³-hybridized carbons (Fsp3) is 0.400. The monoisotopic (exact) mass is 271 g/mol. The van der Waals surface area contributed by atoms with Crippen LogP contribution in [0, 0.1) is 6.07 Å². The van der Waals surface area contributed by atoms with Gasteiger partial charge in [0.1, 0.15) is 0 Å². The first-order valence-corrected chi connectivity index (χ1v) is 6.86. The van der Waals surface area contributed by atoms with Crippen molar-refractivity contribution in [3.8, 4) is 0 Å². The second-order valence-electron chi connectivity index (χ2n) is 5.31. The normalized spacial score (nSPS) is 19.2. The number of hydrogen-bond donors (Lipinski definition) is 1. The zero-order chi connectivity index (χ0) is 14.1. The first-order chi connectivity index (χ1) is 9.66. The summed E-state index contributed by atoms with van der Waals surface area (Å²) >= 11 is 0. The molecule has 5 nitrogen and oxygen atoms in total. The largest absolute Gasteiger partial charge is 0.367 e. The molecule has 105 valence electrons. The van der Waals surface area contributed by atoms with Gasteiger partial charge in [-0.05, 0) is 13.1 Å². The summed E-state index contributed by atoms with van der Waals surface area (Å²) in [5, 5.41) is 1.01. The van der Waals surface area contributed by atoms with E-state index >= 15 is 0 Å². The summed E-state index contributed by atoms with van der Waals surface area (Å²) in [6.45, 7) is 3.59. The van der Waals surface area contributed by atoms with Crippen molar-refractivity contribution in [1.82, 2.24) is 14.4 Å². The van der Waals surface area contributed by atoms with Crippen molar-refractivity contribution in [3.05, 3.63) is 36.5 Å². The summed E-state index contributed by atoms with van der Waals surface area (Å²) in [6.07, 6.45) is 1.40. The van der Waals surface area contributed by atoms with Gasteiger partial charge < -0.3 is 15.2 Å². The molecule has 1 aliphatic rings. The number of benzene rings is 1. The fourth-order valence-electron chi connectivity index (χ4n) is 2.79. The van der Waals surface area contributed by atoms with E-state index in [0.29, 0.717) is 0 Å². The summed E-state index contributed by atoms with van der Waals surface area (Å²) in [6, 6.07) is 11.1. The molecule has 1 amide bonds. The van der Waals surface area contributed by atoms with Crippen molar-refractivity contribution in [1.29, 1.82) is 0 Å². The topological polar surface area (TPSA) is 54.5 Å². The number of aromatic nitrogens is 1. The number of carbonyl (C=O) groups excluding carboxylic acids is 1. The van der Waals surface area contributed by atoms with Gasteiger partial charge in [-0.1, -0.05) is 18.2 Å². The number of fused-ring (bicyclic) bond motifs is 1. The Morgan fingerprint density at radius 2 is 1.95 bits per heavy atom. The zero-order valence-corrected chi connectivity index (χ0v) is 11.6. The number of primary amides is 1. The van der Waals surface area contributed by atoms with Gasteiger partial charge in [0, 0.05) is 43.8 Å². The highest BCUT2D eigenvalue weighted by Gasteiger charge is 2.28. The maximum atomic E-state index is 12.0. The number of nitrogens with two attached hydrogens (primary N) is 1. The molecule has 0 spiro atoms. The van der Waals surface area contributed by atoms with Gasteiger partial charge in [0.2, 0.25) is 0 Å². The second kappa shape index (κ2) is 5.26. The van der Waals surface area contributed by atoms with E-state index in [0.717, 1.165) is 37.1 Å². The Bertz CT molecular complexity index is 613. The summed E-state index contributed by atoms with van der Waals surface area (Å²) in [5.41, 5.74) is 6.65. The molecule has 3 rings (SSSR count). The second-order valence-corrected chi connectivity index (χ2v) is 5.31. The average molecular weight is 271 g/mol. The van der Waals surface area contributed by atoms with Crippen LogP contribution in [0.4, 0.5) is 0 Å². The highest BCUT2D eigenvalue weighted by Crippen LogP contribution is 2.23. The van der Waals surface area contributed by atoms with Gasteiger partial charge in [-0.3, -0.25) is 9.69 Å². The number of nitrogens with zero attached hydrogens (tertiary/aromatic N) is 3. The third-order valence-corrected chi connectivity index (χ3v) is 3.94. The molecule has 0 saturated carbocycles. The number of para-hydroxylation sites is 1. The smallest absolute Gasteiger partial charge is 0.255 e. The van der Waals surface area contributed by atoms with Crippen LogP contribution in [-0.4, -0.2) is 53.5 Å². The van der Waals surface area contributed by atoms with Crippen molar-refractivity contribution in [3.63, 3.8) is 0 Å². The van der Waals surface area contributed by atoms with E-state index < -0.39 is 6.17 Å². The summed E-state index contributed by atoms with van der Waals surface area (Å²) in [4.78, 5) is 16.4. The number of amides is 1. The SMILES string of the molecule is CN1CCN(C(C(N)=O)n2c[c]c3ccccc32)CC1. The molecule has 2 N–H and O–H groups in total. The van der Waals surface area contributed by atoms with Crippen LogP contribution in [-0.2, 0) is 4.79 Å². The third kappa shape index (κ3) is 2.30. The lowest BCUT2D eigenvalue weighted by Gasteiger charge is -2.37. The van der Waals surface area contributed by atoms with E-state index in [4.69, 9.17) is 5.73 Å². The molecular formula is C15H19N4O. The van der Waals surface area contributed by atoms with Gasteiger partial charge in [0.15, 0.2) is 6.17 Å². The van der Waals surface area contributed by atoms with Crippen LogP contribution in [0.15, 0.2) is 30.5 Å². The molecule has 0 aliphatic carbocycles. The van der Waals surface area contributed by atoms with Crippen molar-refractivity contribution in [2.24, 2.45) is 5.73 Å². The van der Waals surface area contributed by atoms with Crippen molar-refractivity contribution in [2.75, 3.05) is 33.2 Å². The van der Waals surface area contributed by atoms with Crippen LogP contribution in [0.25, 0.3) is 10.9 Å². The minimum atomic E-state index is -0.431. The average Bonchev–Trinajstić information content (AvgIpc) is 2.85. The van der Waals surface area contributed by atoms with Gasteiger partial charge in [0.25, 0.3) is 5.91 Å². The van der Waals surface area contributed by atoms with Crippen LogP contribution < -0.4 is 5.73 Å². The number of piperazine rings is 1. The summed E-state index contributed by atoms with van der Waals surface area (Å²) < 4.78 is 1.93. The van der Waals surface area contributed by atoms with Crippen LogP contribution in [0.5, 0.6) is 0 Å². The minimum absolute atomic E-state index is 0.315. The van der Waals surface area contributed by atoms with Crippen LogP contribution in [0.1, 0.15) is 6.17 Å². The Morgan fingerprint density at radius 3 is 2.65 bits per heavy atom. The number of hydrogen-bond acceptors (Lipinski definition) is 3. The molecule has 1 aromatic heterocycles. The zero-order valence-electron chi connectivity index (χ0n) is 11.6. The first kappa shape index (κ1) is 13.1. The van der Waals surface area contributed by atoms with Gasteiger partial charge in [0.05, 0.1) is 5.52 Å². The lowest BCUT2D eigenvalue weighted by molar-refractivity contribution is -0.127. The number of rotatable bonds is 3. The predicted octanol–water partition coefficient (Wildman–Crippen LogP) is 0.673. The van der Waals surface area contributed by atoms with E-state index in [2.05, 4.69) is 22.9 Å². The molecule has 2 heterocycles. The molecular weight excluding hydrogens is 252 g/mol. The highest BCUT2D eigenvalue weighted by atomic mass is 16.1. The number of likely N-dealkylation sites (N-methyl/N-ethyl adjacent to an activating group) is 1. The van der Waals surface area contributed by atoms with Crippen LogP contribution in [0.2, 0.25) is 0 Å². The lowest BCUT2D eigenvalue weighted by Crippen LogP contribution is -2.50. The van der Waals surface area contributed by atoms with E-state index in [-0.39, 0.29) is 5.91 Å². The quantitative estimate of drug-likeness (QED) is 0.893. The van der Waals surface area contributed by atoms with Crippen molar-refractivity contribution in [2.45, 2.75) is 6.17 Å². The Hall–Kier alpha value is -1.85. The first-order valence-electron chi connectivity index (χ1n) is 6.86. The molecule has 2 aromatic rings. The van der Waals surface area contributed by atoms with Crippen LogP contribution >= 0.6 is 0 Å². The van der Waals surface area contributed by atoms with Gasteiger partial charge in [-0.15, -0.1) is 0 Å². The molecule has 1 unspecified atom stereocenters. The van der Waals surface area contributed by atoms with Crippen LogP contribution in [0.3, 0.4) is 0 Å². The highest BCUT2D eigenvalue weighted by molar-refractivity contribution is 5.84. The van der Waals surface area contributed by atoms with Gasteiger partial charge in [-0.2, -0.15) is 0 Å². The molecule has 1 radical (unpaired) electrons. The Labute approximate surface area is 118 Å². The Morgan fingerprint density at radius 1 is 1.25 bits per heavy atom. The minimum Gasteiger partial charge on any atom is -0.367 e. The molecule has 5 heteroatoms. The van der Waals surface area contributed by atoms with Crippen molar-refractivity contribution >= 4 is 16.8 Å². The molecule has 1 aromatic carbocycles. The molecule has 1 aliphatic heterocycles. The predicted molar refractivity (Wildman–Crippen MR) is 78.1 cm³/mol. The van der Waals surface area contributed by atoms with Crippen molar-refractivity contribution < 1.29 is 4.79 Å². The van der Waals surface area contributed by atoms with E-state index in [1.54, 1.807) is 0 Å². The molecule has 1 saturated heterocycles. The Kier molecular flexibility index (Phi) is 3.46. The standard InChI is InChI=1S/C15H19N4O/c1-17-8-10-18(11-9-17)15(14(16)20)19-7-6-12-4-2-3-5-13(12)19/h2-5,7,15H,8-11H2,1H3,(H2,16,20). The molecule has 20 heavy (non-hydrogen) atoms. The van der Waals surface area contributed by atoms with Gasteiger partial charge in [-0.25, -0.2) is 0 Å². The lowest BCUT2D eigenvalue weighted by atomic mass is 10.2. The molecule has 1 atom stereocenters. The molecule has 0 bridgehead atoms. The summed E-state index contributed by atoms with van der Waals surface area (Å²) in [7, 11) is 2.09. The number of carbonyl (C=O) groups is 1. The molecule has 1 fully saturated rings. The maximum absolute atomic E-state index is 12.0. The summed E-state index contributed by atoms with van der Waals surface area (Å²) in [5.74, 6) is -0.315.